The van der Waals surface area contributed by atoms with E-state index >= 15 is 0 Å². The van der Waals surface area contributed by atoms with Gasteiger partial charge in [0.05, 0.1) is 5.69 Å². The van der Waals surface area contributed by atoms with Crippen LogP contribution in [0.3, 0.4) is 0 Å². The molecule has 0 radical (unpaired) electrons. The second-order valence-corrected chi connectivity index (χ2v) is 4.97. The Morgan fingerprint density at radius 3 is 2.60 bits per heavy atom. The Balaban J connectivity index is 2.34. The van der Waals surface area contributed by atoms with Crippen molar-refractivity contribution < 1.29 is 0 Å². The molecule has 98 valence electrons. The van der Waals surface area contributed by atoms with Crippen LogP contribution < -0.4 is 0 Å². The number of nitrogens with zero attached hydrogens (tertiary/aromatic N) is 4. The predicted octanol–water partition coefficient (Wildman–Crippen LogP) is 3.12. The fourth-order valence-electron chi connectivity index (χ4n) is 2.30. The molecule has 0 fully saturated rings. The van der Waals surface area contributed by atoms with E-state index in [-0.39, 0.29) is 5.82 Å². The maximum Gasteiger partial charge on any atom is 0.234 e. The molecule has 4 heteroatoms. The molecule has 4 nitrogen and oxygen atoms in total. The highest BCUT2D eigenvalue weighted by molar-refractivity contribution is 5.91. The molecule has 0 aliphatic heterocycles. The number of aromatic nitrogens is 3. The minimum Gasteiger partial charge on any atom is -0.335 e. The van der Waals surface area contributed by atoms with E-state index in [1.54, 1.807) is 0 Å². The Bertz CT molecular complexity index is 853. The number of rotatable bonds is 1. The second kappa shape index (κ2) is 4.46. The van der Waals surface area contributed by atoms with E-state index in [1.807, 2.05) is 36.0 Å². The molecule has 0 aliphatic carbocycles. The largest absolute Gasteiger partial charge is 0.335 e. The fraction of sp³-hybridized carbons (Fsp3) is 0.188. The normalized spacial score (nSPS) is 10.7. The van der Waals surface area contributed by atoms with Crippen LogP contribution in [0.1, 0.15) is 17.0 Å². The van der Waals surface area contributed by atoms with E-state index in [2.05, 4.69) is 35.9 Å². The first-order valence-electron chi connectivity index (χ1n) is 6.41. The van der Waals surface area contributed by atoms with E-state index in [9.17, 15) is 0 Å². The first kappa shape index (κ1) is 12.4. The van der Waals surface area contributed by atoms with Gasteiger partial charge in [0.15, 0.2) is 0 Å². The van der Waals surface area contributed by atoms with Gasteiger partial charge in [0, 0.05) is 24.2 Å². The summed E-state index contributed by atoms with van der Waals surface area (Å²) in [4.78, 5) is 8.66. The Morgan fingerprint density at radius 1 is 1.10 bits per heavy atom. The summed E-state index contributed by atoms with van der Waals surface area (Å²) >= 11 is 0. The first-order valence-corrected chi connectivity index (χ1v) is 6.41. The first-order chi connectivity index (χ1) is 9.60. The molecule has 3 aromatic rings. The average molecular weight is 262 g/mol. The van der Waals surface area contributed by atoms with Crippen molar-refractivity contribution >= 4 is 11.0 Å². The van der Waals surface area contributed by atoms with Gasteiger partial charge in [-0.1, -0.05) is 12.1 Å². The number of hydrogen-bond donors (Lipinski definition) is 0. The van der Waals surface area contributed by atoms with E-state index in [0.717, 1.165) is 22.3 Å². The van der Waals surface area contributed by atoms with E-state index in [1.165, 1.54) is 11.1 Å². The molecule has 0 bridgehead atoms. The van der Waals surface area contributed by atoms with Crippen molar-refractivity contribution in [3.05, 3.63) is 47.4 Å². The Morgan fingerprint density at radius 2 is 1.90 bits per heavy atom. The van der Waals surface area contributed by atoms with E-state index in [4.69, 9.17) is 5.26 Å². The lowest BCUT2D eigenvalue weighted by Gasteiger charge is -2.07. The average Bonchev–Trinajstić information content (AvgIpc) is 2.82. The van der Waals surface area contributed by atoms with Crippen molar-refractivity contribution in [3.63, 3.8) is 0 Å². The van der Waals surface area contributed by atoms with Gasteiger partial charge in [0.25, 0.3) is 0 Å². The summed E-state index contributed by atoms with van der Waals surface area (Å²) in [6.45, 7) is 4.16. The molecule has 2 heterocycles. The molecule has 2 aromatic heterocycles. The third-order valence-corrected chi connectivity index (χ3v) is 3.60. The summed E-state index contributed by atoms with van der Waals surface area (Å²) in [5.74, 6) is 0.201. The highest BCUT2D eigenvalue weighted by Gasteiger charge is 2.12. The van der Waals surface area contributed by atoms with Gasteiger partial charge >= 0.3 is 0 Å². The van der Waals surface area contributed by atoms with Crippen LogP contribution in [0, 0.1) is 25.2 Å². The van der Waals surface area contributed by atoms with Gasteiger partial charge in [-0.25, -0.2) is 9.97 Å². The molecule has 0 N–H and O–H groups in total. The van der Waals surface area contributed by atoms with Gasteiger partial charge in [-0.05, 0) is 37.1 Å². The van der Waals surface area contributed by atoms with Crippen molar-refractivity contribution in [2.45, 2.75) is 13.8 Å². The van der Waals surface area contributed by atoms with Gasteiger partial charge in [0.1, 0.15) is 11.7 Å². The highest BCUT2D eigenvalue weighted by atomic mass is 15.0. The van der Waals surface area contributed by atoms with Crippen molar-refractivity contribution in [1.29, 1.82) is 5.26 Å². The minimum absolute atomic E-state index is 0.201. The summed E-state index contributed by atoms with van der Waals surface area (Å²) in [5.41, 5.74) is 5.07. The van der Waals surface area contributed by atoms with Crippen LogP contribution >= 0.6 is 0 Å². The quantitative estimate of drug-likeness (QED) is 0.677. The molecule has 0 atom stereocenters. The molecule has 20 heavy (non-hydrogen) atoms. The van der Waals surface area contributed by atoms with E-state index < -0.39 is 0 Å². The Hall–Kier alpha value is -2.67. The van der Waals surface area contributed by atoms with Crippen molar-refractivity contribution in [2.75, 3.05) is 0 Å². The van der Waals surface area contributed by atoms with Crippen LogP contribution in [-0.2, 0) is 7.05 Å². The van der Waals surface area contributed by atoms with Gasteiger partial charge in [-0.2, -0.15) is 5.26 Å². The van der Waals surface area contributed by atoms with Crippen LogP contribution in [0.2, 0.25) is 0 Å². The topological polar surface area (TPSA) is 54.5 Å². The van der Waals surface area contributed by atoms with Crippen LogP contribution in [-0.4, -0.2) is 14.5 Å². The molecule has 0 saturated heterocycles. The van der Waals surface area contributed by atoms with E-state index in [0.29, 0.717) is 0 Å². The van der Waals surface area contributed by atoms with Gasteiger partial charge in [-0.15, -0.1) is 0 Å². The predicted molar refractivity (Wildman–Crippen MR) is 78.1 cm³/mol. The molecule has 3 rings (SSSR count). The third kappa shape index (κ3) is 1.84. The van der Waals surface area contributed by atoms with Crippen LogP contribution in [0.25, 0.3) is 22.3 Å². The second-order valence-electron chi connectivity index (χ2n) is 4.97. The summed E-state index contributed by atoms with van der Waals surface area (Å²) in [5, 5.41) is 10.1. The number of nitriles is 1. The molecule has 0 unspecified atom stereocenters. The fourth-order valence-corrected chi connectivity index (χ4v) is 2.30. The highest BCUT2D eigenvalue weighted by Crippen LogP contribution is 2.27. The molecule has 0 amide bonds. The van der Waals surface area contributed by atoms with Crippen molar-refractivity contribution in [1.82, 2.24) is 14.5 Å². The van der Waals surface area contributed by atoms with Gasteiger partial charge < -0.3 is 4.57 Å². The number of aryl methyl sites for hydroxylation is 3. The third-order valence-electron chi connectivity index (χ3n) is 3.60. The zero-order valence-electron chi connectivity index (χ0n) is 11.7. The summed E-state index contributed by atoms with van der Waals surface area (Å²) in [6, 6.07) is 10.2. The number of benzene rings is 1. The standard InChI is InChI=1S/C16H14N4/c1-10-4-5-12(8-11(10)2)15-13-6-7-20(3)16(13)19-14(9-17)18-15/h4-8H,1-3H3. The van der Waals surface area contributed by atoms with Crippen molar-refractivity contribution in [3.8, 4) is 17.3 Å². The Kier molecular flexibility index (Phi) is 2.76. The smallest absolute Gasteiger partial charge is 0.234 e. The SMILES string of the molecule is Cc1ccc(-c2nc(C#N)nc3c2ccn3C)cc1C. The maximum atomic E-state index is 9.11. The van der Waals surface area contributed by atoms with Crippen LogP contribution in [0.5, 0.6) is 0 Å². The summed E-state index contributed by atoms with van der Waals surface area (Å²) in [7, 11) is 1.92. The molecule has 0 saturated carbocycles. The number of hydrogen-bond acceptors (Lipinski definition) is 3. The zero-order valence-corrected chi connectivity index (χ0v) is 11.7. The lowest BCUT2D eigenvalue weighted by atomic mass is 10.0. The minimum atomic E-state index is 0.201. The Labute approximate surface area is 117 Å². The molecular weight excluding hydrogens is 248 g/mol. The van der Waals surface area contributed by atoms with Crippen molar-refractivity contribution in [2.24, 2.45) is 7.05 Å². The monoisotopic (exact) mass is 262 g/mol. The lowest BCUT2D eigenvalue weighted by molar-refractivity contribution is 0.940. The molecule has 0 spiro atoms. The molecule has 0 aliphatic rings. The molecule has 1 aromatic carbocycles. The lowest BCUT2D eigenvalue weighted by Crippen LogP contribution is -1.97. The number of fused-ring (bicyclic) bond motifs is 1. The maximum absolute atomic E-state index is 9.11. The van der Waals surface area contributed by atoms with Gasteiger partial charge in [-0.3, -0.25) is 0 Å². The molecular formula is C16H14N4. The van der Waals surface area contributed by atoms with Gasteiger partial charge in [0.2, 0.25) is 5.82 Å². The summed E-state index contributed by atoms with van der Waals surface area (Å²) < 4.78 is 1.91. The summed E-state index contributed by atoms with van der Waals surface area (Å²) in [6.07, 6.45) is 1.94. The zero-order chi connectivity index (χ0) is 14.3. The van der Waals surface area contributed by atoms with Crippen LogP contribution in [0.4, 0.5) is 0 Å². The van der Waals surface area contributed by atoms with Crippen LogP contribution in [0.15, 0.2) is 30.5 Å².